The van der Waals surface area contributed by atoms with E-state index in [-0.39, 0.29) is 28.4 Å². The molecule has 3 rings (SSSR count). The van der Waals surface area contributed by atoms with E-state index >= 15 is 0 Å². The average molecular weight is 369 g/mol. The predicted molar refractivity (Wildman–Crippen MR) is 92.9 cm³/mol. The highest BCUT2D eigenvalue weighted by Crippen LogP contribution is 2.56. The van der Waals surface area contributed by atoms with Gasteiger partial charge in [-0.1, -0.05) is 36.5 Å². The predicted octanol–water partition coefficient (Wildman–Crippen LogP) is 4.72. The minimum absolute atomic E-state index is 0.114. The van der Waals surface area contributed by atoms with Crippen LogP contribution in [0.5, 0.6) is 5.75 Å². The van der Waals surface area contributed by atoms with E-state index in [2.05, 4.69) is 6.92 Å². The van der Waals surface area contributed by atoms with Crippen molar-refractivity contribution in [3.05, 3.63) is 33.3 Å². The fraction of sp³-hybridized carbons (Fsp3) is 0.444. The lowest BCUT2D eigenvalue weighted by atomic mass is 9.80. The number of carbonyl (C=O) groups is 2. The summed E-state index contributed by atoms with van der Waals surface area (Å²) in [6.07, 6.45) is 5.04. The van der Waals surface area contributed by atoms with Gasteiger partial charge in [0.15, 0.2) is 12.4 Å². The molecule has 0 aliphatic heterocycles. The van der Waals surface area contributed by atoms with Crippen molar-refractivity contribution in [1.29, 1.82) is 0 Å². The normalized spacial score (nSPS) is 22.0. The zero-order valence-corrected chi connectivity index (χ0v) is 14.8. The van der Waals surface area contributed by atoms with E-state index < -0.39 is 12.6 Å². The van der Waals surface area contributed by atoms with Gasteiger partial charge in [-0.15, -0.1) is 0 Å². The third-order valence-electron chi connectivity index (χ3n) is 4.75. The van der Waals surface area contributed by atoms with Crippen LogP contribution < -0.4 is 4.74 Å². The number of hydrogen-bond acceptors (Lipinski definition) is 3. The lowest BCUT2D eigenvalue weighted by Gasteiger charge is -2.23. The standard InChI is InChI=1S/C18H18Cl2O4/c1-2-3-10-11-5-4-9(21)6-12(11)16-13(10)7-14(17(19)18(16)20)24-8-15(22)23/h6-7,10-11H,2-5,8H2,1H3,(H,22,23). The molecule has 0 saturated carbocycles. The van der Waals surface area contributed by atoms with Crippen molar-refractivity contribution in [2.24, 2.45) is 5.92 Å². The second-order valence-corrected chi connectivity index (χ2v) is 7.01. The lowest BCUT2D eigenvalue weighted by molar-refractivity contribution is -0.139. The molecule has 4 nitrogen and oxygen atoms in total. The molecule has 0 amide bonds. The molecule has 0 aromatic heterocycles. The van der Waals surface area contributed by atoms with Crippen molar-refractivity contribution in [3.63, 3.8) is 0 Å². The molecule has 0 saturated heterocycles. The van der Waals surface area contributed by atoms with Crippen molar-refractivity contribution < 1.29 is 19.4 Å². The second kappa shape index (κ2) is 6.77. The number of allylic oxidation sites excluding steroid dienone is 2. The van der Waals surface area contributed by atoms with Crippen LogP contribution in [0.4, 0.5) is 0 Å². The van der Waals surface area contributed by atoms with E-state index in [1.807, 2.05) is 0 Å². The largest absolute Gasteiger partial charge is 0.480 e. The summed E-state index contributed by atoms with van der Waals surface area (Å²) in [4.78, 5) is 22.6. The number of hydrogen-bond donors (Lipinski definition) is 1. The minimum atomic E-state index is -1.07. The highest BCUT2D eigenvalue weighted by atomic mass is 35.5. The first-order valence-electron chi connectivity index (χ1n) is 8.05. The molecule has 2 unspecified atom stereocenters. The Morgan fingerprint density at radius 3 is 2.79 bits per heavy atom. The fourth-order valence-electron chi connectivity index (χ4n) is 3.82. The summed E-state index contributed by atoms with van der Waals surface area (Å²) in [5.41, 5.74) is 2.81. The van der Waals surface area contributed by atoms with E-state index in [1.54, 1.807) is 12.1 Å². The Hall–Kier alpha value is -1.52. The van der Waals surface area contributed by atoms with Gasteiger partial charge in [-0.05, 0) is 48.0 Å². The zero-order chi connectivity index (χ0) is 17.4. The van der Waals surface area contributed by atoms with Crippen LogP contribution in [0, 0.1) is 5.92 Å². The average Bonchev–Trinajstić information content (AvgIpc) is 2.83. The molecular formula is C18H18Cl2O4. The number of rotatable bonds is 5. The van der Waals surface area contributed by atoms with Crippen LogP contribution in [0.25, 0.3) is 5.57 Å². The van der Waals surface area contributed by atoms with Crippen LogP contribution in [0.15, 0.2) is 12.1 Å². The molecule has 24 heavy (non-hydrogen) atoms. The number of benzene rings is 1. The molecule has 0 radical (unpaired) electrons. The van der Waals surface area contributed by atoms with Gasteiger partial charge in [0.05, 0.1) is 5.02 Å². The first-order chi connectivity index (χ1) is 11.4. The van der Waals surface area contributed by atoms with E-state index in [0.29, 0.717) is 11.4 Å². The maximum absolute atomic E-state index is 11.9. The molecule has 2 aliphatic carbocycles. The Morgan fingerprint density at radius 2 is 2.12 bits per heavy atom. The molecule has 2 atom stereocenters. The van der Waals surface area contributed by atoms with Gasteiger partial charge in [0.2, 0.25) is 0 Å². The third-order valence-corrected chi connectivity index (χ3v) is 5.60. The Balaban J connectivity index is 2.12. The molecule has 1 N–H and O–H groups in total. The first-order valence-corrected chi connectivity index (χ1v) is 8.80. The highest BCUT2D eigenvalue weighted by molar-refractivity contribution is 6.44. The van der Waals surface area contributed by atoms with Gasteiger partial charge in [0.1, 0.15) is 10.8 Å². The van der Waals surface area contributed by atoms with Crippen molar-refractivity contribution in [2.45, 2.75) is 38.5 Å². The Labute approximate surface area is 150 Å². The Kier molecular flexibility index (Phi) is 4.88. The van der Waals surface area contributed by atoms with Crippen molar-refractivity contribution >= 4 is 40.5 Å². The topological polar surface area (TPSA) is 63.6 Å². The number of halogens is 2. The number of carbonyl (C=O) groups excluding carboxylic acids is 1. The van der Waals surface area contributed by atoms with Gasteiger partial charge >= 0.3 is 5.97 Å². The van der Waals surface area contributed by atoms with Crippen LogP contribution >= 0.6 is 23.2 Å². The van der Waals surface area contributed by atoms with E-state index in [4.69, 9.17) is 33.0 Å². The molecule has 6 heteroatoms. The summed E-state index contributed by atoms with van der Waals surface area (Å²) in [5, 5.41) is 9.36. The van der Waals surface area contributed by atoms with Gasteiger partial charge in [0.25, 0.3) is 0 Å². The Morgan fingerprint density at radius 1 is 1.38 bits per heavy atom. The molecule has 1 aromatic carbocycles. The van der Waals surface area contributed by atoms with E-state index in [9.17, 15) is 9.59 Å². The van der Waals surface area contributed by atoms with Crippen LogP contribution in [0.3, 0.4) is 0 Å². The van der Waals surface area contributed by atoms with Crippen molar-refractivity contribution in [2.75, 3.05) is 6.61 Å². The number of carboxylic acid groups (broad SMARTS) is 1. The van der Waals surface area contributed by atoms with Crippen molar-refractivity contribution in [3.8, 4) is 5.75 Å². The van der Waals surface area contributed by atoms with Gasteiger partial charge in [-0.2, -0.15) is 0 Å². The zero-order valence-electron chi connectivity index (χ0n) is 13.3. The number of ether oxygens (including phenoxy) is 1. The molecule has 0 fully saturated rings. The molecular weight excluding hydrogens is 351 g/mol. The minimum Gasteiger partial charge on any atom is -0.480 e. The maximum Gasteiger partial charge on any atom is 0.341 e. The summed E-state index contributed by atoms with van der Waals surface area (Å²) < 4.78 is 5.30. The van der Waals surface area contributed by atoms with Crippen LogP contribution in [0.1, 0.15) is 49.7 Å². The summed E-state index contributed by atoms with van der Waals surface area (Å²) in [5.74, 6) is -0.153. The maximum atomic E-state index is 11.9. The van der Waals surface area contributed by atoms with Crippen LogP contribution in [-0.2, 0) is 9.59 Å². The molecule has 1 aromatic rings. The van der Waals surface area contributed by atoms with Crippen LogP contribution in [-0.4, -0.2) is 23.5 Å². The van der Waals surface area contributed by atoms with Crippen molar-refractivity contribution in [1.82, 2.24) is 0 Å². The third kappa shape index (κ3) is 2.93. The highest BCUT2D eigenvalue weighted by Gasteiger charge is 2.40. The smallest absolute Gasteiger partial charge is 0.341 e. The summed E-state index contributed by atoms with van der Waals surface area (Å²) in [6, 6.07) is 1.80. The van der Waals surface area contributed by atoms with Gasteiger partial charge in [-0.3, -0.25) is 4.79 Å². The fourth-order valence-corrected chi connectivity index (χ4v) is 4.33. The number of aliphatic carboxylic acids is 1. The number of fused-ring (bicyclic) bond motifs is 3. The molecule has 0 spiro atoms. The molecule has 2 aliphatic rings. The van der Waals surface area contributed by atoms with Gasteiger partial charge in [0, 0.05) is 12.0 Å². The van der Waals surface area contributed by atoms with E-state index in [1.165, 1.54) is 0 Å². The quantitative estimate of drug-likeness (QED) is 0.816. The molecule has 128 valence electrons. The number of ketones is 1. The molecule has 0 bridgehead atoms. The number of carboxylic acids is 1. The monoisotopic (exact) mass is 368 g/mol. The van der Waals surface area contributed by atoms with E-state index in [0.717, 1.165) is 36.0 Å². The first kappa shape index (κ1) is 17.3. The summed E-state index contributed by atoms with van der Waals surface area (Å²) >= 11 is 12.8. The van der Waals surface area contributed by atoms with Crippen LogP contribution in [0.2, 0.25) is 10.0 Å². The van der Waals surface area contributed by atoms with Gasteiger partial charge < -0.3 is 9.84 Å². The molecule has 0 heterocycles. The van der Waals surface area contributed by atoms with Gasteiger partial charge in [-0.25, -0.2) is 4.79 Å². The SMILES string of the molecule is CCCC1c2cc(OCC(=O)O)c(Cl)c(Cl)c2C2=CC(=O)CCC21. The second-order valence-electron chi connectivity index (χ2n) is 6.26. The lowest BCUT2D eigenvalue weighted by Crippen LogP contribution is -2.14. The summed E-state index contributed by atoms with van der Waals surface area (Å²) in [7, 11) is 0. The summed E-state index contributed by atoms with van der Waals surface area (Å²) in [6.45, 7) is 1.65. The Bertz CT molecular complexity index is 739.